The van der Waals surface area contributed by atoms with Gasteiger partial charge in [0.1, 0.15) is 0 Å². The number of aryl methyl sites for hydroxylation is 2. The maximum atomic E-state index is 12.9. The molecular weight excluding hydrogens is 368 g/mol. The van der Waals surface area contributed by atoms with Crippen molar-refractivity contribution in [2.45, 2.75) is 25.7 Å². The van der Waals surface area contributed by atoms with Gasteiger partial charge in [0.25, 0.3) is 0 Å². The Morgan fingerprint density at radius 3 is 2.17 bits per heavy atom. The topological polar surface area (TPSA) is 41.5 Å². The van der Waals surface area contributed by atoms with Gasteiger partial charge in [0.15, 0.2) is 0 Å². The third kappa shape index (κ3) is 4.11. The van der Waals surface area contributed by atoms with Gasteiger partial charge in [-0.2, -0.15) is 5.10 Å². The van der Waals surface area contributed by atoms with E-state index in [2.05, 4.69) is 72.9 Å². The maximum absolute atomic E-state index is 12.9. The summed E-state index contributed by atoms with van der Waals surface area (Å²) >= 11 is 0. The molecule has 3 nitrogen and oxygen atoms in total. The molecule has 30 heavy (non-hydrogen) atoms. The molecule has 0 bridgehead atoms. The summed E-state index contributed by atoms with van der Waals surface area (Å²) in [5.41, 5.74) is 8.34. The van der Waals surface area contributed by atoms with Crippen LogP contribution >= 0.6 is 0 Å². The van der Waals surface area contributed by atoms with Crippen LogP contribution in [-0.4, -0.2) is 12.1 Å². The lowest BCUT2D eigenvalue weighted by atomic mass is 9.84. The largest absolute Gasteiger partial charge is 0.273 e. The van der Waals surface area contributed by atoms with Crippen molar-refractivity contribution in [2.75, 3.05) is 0 Å². The van der Waals surface area contributed by atoms with Crippen LogP contribution < -0.4 is 5.43 Å². The maximum Gasteiger partial charge on any atom is 0.244 e. The third-order valence-corrected chi connectivity index (χ3v) is 5.77. The predicted molar refractivity (Wildman–Crippen MR) is 123 cm³/mol. The zero-order chi connectivity index (χ0) is 21.0. The minimum absolute atomic E-state index is 0.0395. The molecule has 1 atom stereocenters. The Hall–Kier alpha value is -3.46. The van der Waals surface area contributed by atoms with Crippen LogP contribution in [0.2, 0.25) is 0 Å². The van der Waals surface area contributed by atoms with Crippen LogP contribution in [0.3, 0.4) is 0 Å². The van der Waals surface area contributed by atoms with Crippen molar-refractivity contribution in [3.63, 3.8) is 0 Å². The molecular formula is C27H26N2O. The quantitative estimate of drug-likeness (QED) is 0.440. The molecule has 0 spiro atoms. The van der Waals surface area contributed by atoms with Gasteiger partial charge in [-0.1, -0.05) is 96.1 Å². The third-order valence-electron chi connectivity index (χ3n) is 5.77. The zero-order valence-corrected chi connectivity index (χ0v) is 17.4. The lowest BCUT2D eigenvalue weighted by molar-refractivity contribution is -0.122. The molecule has 3 heteroatoms. The number of amides is 1. The number of nitrogens with zero attached hydrogens (tertiary/aromatic N) is 1. The van der Waals surface area contributed by atoms with Crippen LogP contribution in [0.4, 0.5) is 0 Å². The van der Waals surface area contributed by atoms with Gasteiger partial charge in [0.05, 0.1) is 5.92 Å². The fourth-order valence-electron chi connectivity index (χ4n) is 4.17. The monoisotopic (exact) mass is 394 g/mol. The summed E-state index contributed by atoms with van der Waals surface area (Å²) in [5, 5.41) is 4.12. The number of benzene rings is 3. The van der Waals surface area contributed by atoms with E-state index in [0.29, 0.717) is 0 Å². The Bertz CT molecular complexity index is 1050. The Morgan fingerprint density at radius 2 is 1.57 bits per heavy atom. The molecule has 1 N–H and O–H groups in total. The van der Waals surface area contributed by atoms with Crippen LogP contribution in [-0.2, 0) is 10.2 Å². The molecule has 0 heterocycles. The molecule has 1 aliphatic carbocycles. The van der Waals surface area contributed by atoms with Gasteiger partial charge in [-0.05, 0) is 43.0 Å². The summed E-state index contributed by atoms with van der Waals surface area (Å²) in [4.78, 5) is 12.9. The molecule has 0 radical (unpaired) electrons. The molecule has 1 fully saturated rings. The smallest absolute Gasteiger partial charge is 0.244 e. The van der Waals surface area contributed by atoms with Crippen LogP contribution in [0.25, 0.3) is 6.08 Å². The van der Waals surface area contributed by atoms with Gasteiger partial charge in [0.2, 0.25) is 5.91 Å². The Balaban J connectivity index is 1.51. The van der Waals surface area contributed by atoms with Crippen LogP contribution in [0.1, 0.15) is 34.2 Å². The van der Waals surface area contributed by atoms with Crippen molar-refractivity contribution >= 4 is 18.2 Å². The van der Waals surface area contributed by atoms with E-state index in [4.69, 9.17) is 0 Å². The number of carbonyl (C=O) groups is 1. The minimum atomic E-state index is -0.280. The first-order chi connectivity index (χ1) is 14.6. The van der Waals surface area contributed by atoms with E-state index in [-0.39, 0.29) is 17.2 Å². The molecule has 0 saturated heterocycles. The molecule has 150 valence electrons. The van der Waals surface area contributed by atoms with Gasteiger partial charge in [-0.25, -0.2) is 5.43 Å². The van der Waals surface area contributed by atoms with Gasteiger partial charge >= 0.3 is 0 Å². The summed E-state index contributed by atoms with van der Waals surface area (Å²) in [6, 6.07) is 27.0. The first kappa shape index (κ1) is 19.8. The van der Waals surface area contributed by atoms with E-state index < -0.39 is 0 Å². The molecule has 1 saturated carbocycles. The van der Waals surface area contributed by atoms with E-state index >= 15 is 0 Å². The lowest BCUT2D eigenvalue weighted by Crippen LogP contribution is -2.25. The molecule has 4 rings (SSSR count). The zero-order valence-electron chi connectivity index (χ0n) is 17.4. The van der Waals surface area contributed by atoms with Crippen molar-refractivity contribution in [1.82, 2.24) is 5.43 Å². The highest BCUT2D eigenvalue weighted by molar-refractivity contribution is 5.87. The molecule has 3 aromatic rings. The first-order valence-electron chi connectivity index (χ1n) is 10.3. The van der Waals surface area contributed by atoms with E-state index in [0.717, 1.165) is 12.0 Å². The van der Waals surface area contributed by atoms with Crippen molar-refractivity contribution in [1.29, 1.82) is 0 Å². The highest BCUT2D eigenvalue weighted by Crippen LogP contribution is 2.59. The summed E-state index contributed by atoms with van der Waals surface area (Å²) in [7, 11) is 0. The van der Waals surface area contributed by atoms with Crippen LogP contribution in [0.5, 0.6) is 0 Å². The standard InChI is InChI=1S/C27H26N2O/c1-20-9-6-14-23(17-20)27(24-15-7-10-21(2)18-24)19-25(27)26(30)29-28-16-8-13-22-11-4-3-5-12-22/h3-18,25H,19H2,1-2H3,(H,29,30)/b13-8-,28-16?/t25-/m0/s1. The number of hydrazone groups is 1. The van der Waals surface area contributed by atoms with Gasteiger partial charge in [-0.3, -0.25) is 4.79 Å². The second-order valence-corrected chi connectivity index (χ2v) is 7.99. The average Bonchev–Trinajstić information content (AvgIpc) is 3.51. The van der Waals surface area contributed by atoms with Gasteiger partial charge in [-0.15, -0.1) is 0 Å². The van der Waals surface area contributed by atoms with E-state index in [1.165, 1.54) is 22.3 Å². The minimum Gasteiger partial charge on any atom is -0.273 e. The molecule has 1 amide bonds. The fraction of sp³-hybridized carbons (Fsp3) is 0.185. The van der Waals surface area contributed by atoms with E-state index in [1.807, 2.05) is 42.5 Å². The molecule has 0 aliphatic heterocycles. The number of allylic oxidation sites excluding steroid dienone is 1. The van der Waals surface area contributed by atoms with Crippen molar-refractivity contribution in [3.8, 4) is 0 Å². The highest BCUT2D eigenvalue weighted by Gasteiger charge is 2.60. The lowest BCUT2D eigenvalue weighted by Gasteiger charge is -2.19. The summed E-state index contributed by atoms with van der Waals surface area (Å²) in [6.07, 6.45) is 6.20. The first-order valence-corrected chi connectivity index (χ1v) is 10.3. The molecule has 3 aromatic carbocycles. The number of rotatable bonds is 6. The fourth-order valence-corrected chi connectivity index (χ4v) is 4.17. The Labute approximate surface area is 178 Å². The number of hydrogen-bond acceptors (Lipinski definition) is 2. The normalized spacial score (nSPS) is 17.3. The van der Waals surface area contributed by atoms with E-state index in [1.54, 1.807) is 6.21 Å². The van der Waals surface area contributed by atoms with Crippen LogP contribution in [0, 0.1) is 19.8 Å². The summed E-state index contributed by atoms with van der Waals surface area (Å²) in [6.45, 7) is 4.18. The SMILES string of the molecule is Cc1cccc(C2(c3cccc(C)c3)C[C@H]2C(=O)NN=C/C=C\c2ccccc2)c1. The molecule has 0 aromatic heterocycles. The second kappa shape index (κ2) is 8.50. The van der Waals surface area contributed by atoms with Gasteiger partial charge < -0.3 is 0 Å². The van der Waals surface area contributed by atoms with Crippen molar-refractivity contribution in [3.05, 3.63) is 113 Å². The Morgan fingerprint density at radius 1 is 0.933 bits per heavy atom. The summed E-state index contributed by atoms with van der Waals surface area (Å²) in [5.74, 6) is -0.168. The highest BCUT2D eigenvalue weighted by atomic mass is 16.2. The number of nitrogens with one attached hydrogen (secondary N) is 1. The Kier molecular flexibility index (Phi) is 5.62. The average molecular weight is 395 g/mol. The number of carbonyl (C=O) groups excluding carboxylic acids is 1. The van der Waals surface area contributed by atoms with Crippen LogP contribution in [0.15, 0.2) is 90.0 Å². The van der Waals surface area contributed by atoms with Crippen molar-refractivity contribution < 1.29 is 4.79 Å². The van der Waals surface area contributed by atoms with Crippen molar-refractivity contribution in [2.24, 2.45) is 11.0 Å². The number of hydrogen-bond donors (Lipinski definition) is 1. The van der Waals surface area contributed by atoms with E-state index in [9.17, 15) is 4.79 Å². The molecule has 0 unspecified atom stereocenters. The predicted octanol–water partition coefficient (Wildman–Crippen LogP) is 5.42. The van der Waals surface area contributed by atoms with Gasteiger partial charge in [0, 0.05) is 11.6 Å². The second-order valence-electron chi connectivity index (χ2n) is 7.99. The summed E-state index contributed by atoms with van der Waals surface area (Å²) < 4.78 is 0. The molecule has 1 aliphatic rings.